The van der Waals surface area contributed by atoms with E-state index < -0.39 is 21.3 Å². The number of hydrogen-bond donors (Lipinski definition) is 0. The highest BCUT2D eigenvalue weighted by molar-refractivity contribution is 9.10. The zero-order chi connectivity index (χ0) is 17.2. The Kier molecular flexibility index (Phi) is 5.73. The smallest absolute Gasteiger partial charge is 0.265 e. The van der Waals surface area contributed by atoms with E-state index >= 15 is 0 Å². The molecule has 2 aromatic carbocycles. The Morgan fingerprint density at radius 3 is 2.30 bits per heavy atom. The molecule has 2 rings (SSSR count). The molecule has 0 saturated heterocycles. The van der Waals surface area contributed by atoms with E-state index in [1.807, 2.05) is 0 Å². The monoisotopic (exact) mass is 435 g/mol. The summed E-state index contributed by atoms with van der Waals surface area (Å²) in [7, 11) is -3.98. The van der Waals surface area contributed by atoms with Crippen LogP contribution in [0.15, 0.2) is 57.9 Å². The summed E-state index contributed by atoms with van der Waals surface area (Å²) in [5.74, 6) is 0. The highest BCUT2D eigenvalue weighted by atomic mass is 79.9. The molecule has 0 aromatic heterocycles. The van der Waals surface area contributed by atoms with E-state index in [1.54, 1.807) is 30.3 Å². The second kappa shape index (κ2) is 7.21. The van der Waals surface area contributed by atoms with Crippen molar-refractivity contribution >= 4 is 60.1 Å². The molecule has 1 unspecified atom stereocenters. The van der Waals surface area contributed by atoms with E-state index in [4.69, 9.17) is 23.2 Å². The molecule has 0 N–H and O–H groups in total. The Bertz CT molecular complexity index is 825. The molecule has 8 heteroatoms. The van der Waals surface area contributed by atoms with Gasteiger partial charge in [0, 0.05) is 9.50 Å². The van der Waals surface area contributed by atoms with E-state index in [0.717, 1.165) is 8.78 Å². The molecule has 4 nitrogen and oxygen atoms in total. The molecular weight excluding hydrogens is 425 g/mol. The molecule has 1 atom stereocenters. The summed E-state index contributed by atoms with van der Waals surface area (Å²) in [5, 5.41) is -0.432. The number of anilines is 1. The van der Waals surface area contributed by atoms with Crippen LogP contribution in [0.5, 0.6) is 0 Å². The van der Waals surface area contributed by atoms with Crippen LogP contribution in [0, 0.1) is 0 Å². The Morgan fingerprint density at radius 1 is 1.17 bits per heavy atom. The quantitative estimate of drug-likeness (QED) is 0.650. The van der Waals surface area contributed by atoms with Gasteiger partial charge < -0.3 is 0 Å². The summed E-state index contributed by atoms with van der Waals surface area (Å²) < 4.78 is 27.6. The van der Waals surface area contributed by atoms with Crippen LogP contribution in [-0.2, 0) is 14.8 Å². The molecule has 0 aliphatic heterocycles. The molecule has 0 aliphatic carbocycles. The Balaban J connectivity index is 2.61. The molecule has 0 spiro atoms. The van der Waals surface area contributed by atoms with Crippen LogP contribution in [0.3, 0.4) is 0 Å². The van der Waals surface area contributed by atoms with Crippen molar-refractivity contribution in [1.82, 2.24) is 0 Å². The SMILES string of the molecule is CC(C(=O)Cl)N(c1cccc(Cl)c1)S(=O)(=O)c1ccc(Br)cc1. The number of hydrogen-bond acceptors (Lipinski definition) is 3. The third-order valence-corrected chi connectivity index (χ3v) is 6.11. The summed E-state index contributed by atoms with van der Waals surface area (Å²) in [4.78, 5) is 11.6. The fourth-order valence-electron chi connectivity index (χ4n) is 2.00. The van der Waals surface area contributed by atoms with Crippen molar-refractivity contribution in [2.45, 2.75) is 17.9 Å². The van der Waals surface area contributed by atoms with Gasteiger partial charge in [0.25, 0.3) is 10.0 Å². The zero-order valence-corrected chi connectivity index (χ0v) is 15.8. The lowest BCUT2D eigenvalue weighted by Crippen LogP contribution is -2.42. The Hall–Kier alpha value is -1.08. The number of halogens is 3. The van der Waals surface area contributed by atoms with Crippen molar-refractivity contribution in [3.8, 4) is 0 Å². The van der Waals surface area contributed by atoms with Crippen molar-refractivity contribution in [2.75, 3.05) is 4.31 Å². The first-order valence-corrected chi connectivity index (χ1v) is 9.47. The molecule has 122 valence electrons. The fraction of sp³-hybridized carbons (Fsp3) is 0.133. The van der Waals surface area contributed by atoms with Gasteiger partial charge in [0.05, 0.1) is 10.6 Å². The van der Waals surface area contributed by atoms with Gasteiger partial charge in [-0.25, -0.2) is 8.42 Å². The third-order valence-electron chi connectivity index (χ3n) is 3.11. The van der Waals surface area contributed by atoms with E-state index in [2.05, 4.69) is 15.9 Å². The lowest BCUT2D eigenvalue weighted by atomic mass is 10.3. The maximum Gasteiger partial charge on any atom is 0.265 e. The van der Waals surface area contributed by atoms with Gasteiger partial charge in [-0.2, -0.15) is 0 Å². The average molecular weight is 437 g/mol. The third kappa shape index (κ3) is 4.07. The number of sulfonamides is 1. The van der Waals surface area contributed by atoms with Crippen LogP contribution < -0.4 is 4.31 Å². The molecular formula is C15H12BrCl2NO3S. The van der Waals surface area contributed by atoms with Crippen LogP contribution in [0.25, 0.3) is 0 Å². The molecule has 0 fully saturated rings. The minimum absolute atomic E-state index is 0.0467. The largest absolute Gasteiger partial charge is 0.279 e. The highest BCUT2D eigenvalue weighted by Crippen LogP contribution is 2.29. The molecule has 0 radical (unpaired) electrons. The minimum Gasteiger partial charge on any atom is -0.279 e. The highest BCUT2D eigenvalue weighted by Gasteiger charge is 2.32. The summed E-state index contributed by atoms with van der Waals surface area (Å²) >= 11 is 14.7. The summed E-state index contributed by atoms with van der Waals surface area (Å²) in [6, 6.07) is 11.3. The Labute approximate surface area is 153 Å². The summed E-state index contributed by atoms with van der Waals surface area (Å²) in [6.45, 7) is 1.42. The second-order valence-corrected chi connectivity index (χ2v) is 8.25. The molecule has 0 heterocycles. The first-order valence-electron chi connectivity index (χ1n) is 6.48. The van der Waals surface area contributed by atoms with Gasteiger partial charge in [-0.15, -0.1) is 0 Å². The summed E-state index contributed by atoms with van der Waals surface area (Å²) in [5.41, 5.74) is 0.266. The predicted molar refractivity (Wildman–Crippen MR) is 95.6 cm³/mol. The topological polar surface area (TPSA) is 54.5 Å². The minimum atomic E-state index is -3.98. The standard InChI is InChI=1S/C15H12BrCl2NO3S/c1-10(15(18)20)19(13-4-2-3-12(17)9-13)23(21,22)14-7-5-11(16)6-8-14/h2-10H,1H3. The Morgan fingerprint density at radius 2 is 1.78 bits per heavy atom. The van der Waals surface area contributed by atoms with Gasteiger partial charge in [0.2, 0.25) is 5.24 Å². The number of carbonyl (C=O) groups is 1. The van der Waals surface area contributed by atoms with Crippen LogP contribution in [0.1, 0.15) is 6.92 Å². The van der Waals surface area contributed by atoms with Crippen molar-refractivity contribution in [3.05, 3.63) is 58.0 Å². The van der Waals surface area contributed by atoms with Crippen LogP contribution >= 0.6 is 39.1 Å². The molecule has 0 aliphatic rings. The number of rotatable bonds is 5. The van der Waals surface area contributed by atoms with Gasteiger partial charge in [-0.3, -0.25) is 9.10 Å². The van der Waals surface area contributed by atoms with E-state index in [0.29, 0.717) is 5.02 Å². The van der Waals surface area contributed by atoms with Gasteiger partial charge >= 0.3 is 0 Å². The van der Waals surface area contributed by atoms with Crippen molar-refractivity contribution in [2.24, 2.45) is 0 Å². The van der Waals surface area contributed by atoms with Gasteiger partial charge in [-0.1, -0.05) is 33.6 Å². The van der Waals surface area contributed by atoms with E-state index in [9.17, 15) is 13.2 Å². The maximum atomic E-state index is 13.0. The van der Waals surface area contributed by atoms with Crippen molar-refractivity contribution in [3.63, 3.8) is 0 Å². The molecule has 0 amide bonds. The first-order chi connectivity index (χ1) is 10.7. The molecule has 23 heavy (non-hydrogen) atoms. The second-order valence-electron chi connectivity index (χ2n) is 4.71. The predicted octanol–water partition coefficient (Wildman–Crippen LogP) is 4.45. The first kappa shape index (κ1) is 18.3. The van der Waals surface area contributed by atoms with Gasteiger partial charge in [0.1, 0.15) is 6.04 Å². The van der Waals surface area contributed by atoms with Gasteiger partial charge in [-0.05, 0) is 61.0 Å². The normalized spacial score (nSPS) is 12.7. The fourth-order valence-corrected chi connectivity index (χ4v) is 4.21. The van der Waals surface area contributed by atoms with E-state index in [1.165, 1.54) is 25.1 Å². The van der Waals surface area contributed by atoms with Gasteiger partial charge in [0.15, 0.2) is 0 Å². The van der Waals surface area contributed by atoms with E-state index in [-0.39, 0.29) is 10.6 Å². The maximum absolute atomic E-state index is 13.0. The molecule has 2 aromatic rings. The van der Waals surface area contributed by atoms with Crippen LogP contribution in [-0.4, -0.2) is 19.7 Å². The summed E-state index contributed by atoms with van der Waals surface area (Å²) in [6.07, 6.45) is 0. The average Bonchev–Trinajstić information content (AvgIpc) is 2.47. The number of nitrogens with zero attached hydrogens (tertiary/aromatic N) is 1. The lowest BCUT2D eigenvalue weighted by Gasteiger charge is -2.28. The molecule has 0 bridgehead atoms. The number of benzene rings is 2. The molecule has 0 saturated carbocycles. The van der Waals surface area contributed by atoms with Crippen molar-refractivity contribution < 1.29 is 13.2 Å². The van der Waals surface area contributed by atoms with Crippen LogP contribution in [0.4, 0.5) is 5.69 Å². The lowest BCUT2D eigenvalue weighted by molar-refractivity contribution is -0.112. The van der Waals surface area contributed by atoms with Crippen LogP contribution in [0.2, 0.25) is 5.02 Å². The zero-order valence-electron chi connectivity index (χ0n) is 11.9. The number of carbonyl (C=O) groups excluding carboxylic acids is 1. The van der Waals surface area contributed by atoms with Crippen molar-refractivity contribution in [1.29, 1.82) is 0 Å².